The summed E-state index contributed by atoms with van der Waals surface area (Å²) < 4.78 is 0. The van der Waals surface area contributed by atoms with E-state index in [9.17, 15) is 0 Å². The Morgan fingerprint density at radius 1 is 1.17 bits per heavy atom. The maximum atomic E-state index is 3.89. The van der Waals surface area contributed by atoms with E-state index in [1.165, 1.54) is 51.7 Å². The molecule has 0 aromatic heterocycles. The molecule has 2 nitrogen and oxygen atoms in total. The molecule has 2 unspecified atom stereocenters. The molecule has 1 aliphatic carbocycles. The third-order valence-corrected chi connectivity index (χ3v) is 5.21. The van der Waals surface area contributed by atoms with Gasteiger partial charge in [-0.15, -0.1) is 0 Å². The zero-order chi connectivity index (χ0) is 13.2. The predicted molar refractivity (Wildman–Crippen MR) is 78.9 cm³/mol. The van der Waals surface area contributed by atoms with Crippen molar-refractivity contribution in [1.82, 2.24) is 10.2 Å². The molecular weight excluding hydrogens is 220 g/mol. The molecule has 0 amide bonds. The topological polar surface area (TPSA) is 15.3 Å². The largest absolute Gasteiger partial charge is 0.312 e. The second-order valence-corrected chi connectivity index (χ2v) is 7.40. The van der Waals surface area contributed by atoms with Crippen LogP contribution in [0.15, 0.2) is 0 Å². The molecule has 1 saturated heterocycles. The minimum absolute atomic E-state index is 0.506. The molecular formula is C16H32N2. The van der Waals surface area contributed by atoms with Gasteiger partial charge in [0.2, 0.25) is 0 Å². The van der Waals surface area contributed by atoms with E-state index in [-0.39, 0.29) is 0 Å². The maximum Gasteiger partial charge on any atom is 0.0243 e. The Morgan fingerprint density at radius 3 is 2.33 bits per heavy atom. The molecule has 106 valence electrons. The predicted octanol–water partition coefficient (Wildman–Crippen LogP) is 3.28. The Balaban J connectivity index is 1.85. The second kappa shape index (κ2) is 5.92. The third kappa shape index (κ3) is 3.27. The van der Waals surface area contributed by atoms with Crippen LogP contribution in [0.4, 0.5) is 0 Å². The molecule has 18 heavy (non-hydrogen) atoms. The van der Waals surface area contributed by atoms with Crippen molar-refractivity contribution in [2.24, 2.45) is 11.3 Å². The van der Waals surface area contributed by atoms with Crippen LogP contribution >= 0.6 is 0 Å². The summed E-state index contributed by atoms with van der Waals surface area (Å²) in [5, 5.41) is 3.89. The highest BCUT2D eigenvalue weighted by Gasteiger charge is 2.35. The normalized spacial score (nSPS) is 30.2. The van der Waals surface area contributed by atoms with Gasteiger partial charge in [0.15, 0.2) is 0 Å². The first kappa shape index (κ1) is 14.3. The fourth-order valence-electron chi connectivity index (χ4n) is 3.83. The van der Waals surface area contributed by atoms with Crippen LogP contribution in [-0.2, 0) is 0 Å². The van der Waals surface area contributed by atoms with Gasteiger partial charge in [-0.2, -0.15) is 0 Å². The van der Waals surface area contributed by atoms with Gasteiger partial charge in [-0.1, -0.05) is 34.1 Å². The minimum Gasteiger partial charge on any atom is -0.312 e. The van der Waals surface area contributed by atoms with Gasteiger partial charge in [-0.05, 0) is 50.1 Å². The van der Waals surface area contributed by atoms with E-state index in [1.54, 1.807) is 0 Å². The lowest BCUT2D eigenvalue weighted by molar-refractivity contribution is 0.170. The summed E-state index contributed by atoms with van der Waals surface area (Å²) in [5.41, 5.74) is 0.506. The van der Waals surface area contributed by atoms with Gasteiger partial charge in [-0.25, -0.2) is 0 Å². The second-order valence-electron chi connectivity index (χ2n) is 7.40. The van der Waals surface area contributed by atoms with Crippen LogP contribution in [0.1, 0.15) is 59.8 Å². The van der Waals surface area contributed by atoms with Crippen molar-refractivity contribution >= 4 is 0 Å². The first-order valence-electron chi connectivity index (χ1n) is 7.98. The number of rotatable bonds is 5. The van der Waals surface area contributed by atoms with Crippen LogP contribution < -0.4 is 5.32 Å². The smallest absolute Gasteiger partial charge is 0.0243 e. The van der Waals surface area contributed by atoms with Crippen LogP contribution in [0.3, 0.4) is 0 Å². The average molecular weight is 252 g/mol. The van der Waals surface area contributed by atoms with E-state index in [2.05, 4.69) is 37.9 Å². The number of hydrogen-bond acceptors (Lipinski definition) is 2. The summed E-state index contributed by atoms with van der Waals surface area (Å²) in [5.74, 6) is 0.764. The van der Waals surface area contributed by atoms with Crippen molar-refractivity contribution in [3.05, 3.63) is 0 Å². The van der Waals surface area contributed by atoms with Crippen LogP contribution in [0.25, 0.3) is 0 Å². The van der Waals surface area contributed by atoms with Crippen LogP contribution in [0.5, 0.6) is 0 Å². The van der Waals surface area contributed by atoms with Gasteiger partial charge in [-0.3, -0.25) is 4.90 Å². The van der Waals surface area contributed by atoms with Crippen LogP contribution in [0, 0.1) is 11.3 Å². The van der Waals surface area contributed by atoms with E-state index in [0.717, 1.165) is 18.0 Å². The maximum absolute atomic E-state index is 3.89. The first-order chi connectivity index (χ1) is 8.50. The summed E-state index contributed by atoms with van der Waals surface area (Å²) >= 11 is 0. The van der Waals surface area contributed by atoms with Crippen LogP contribution in [0.2, 0.25) is 0 Å². The molecule has 2 rings (SSSR count). The van der Waals surface area contributed by atoms with E-state index >= 15 is 0 Å². The Kier molecular flexibility index (Phi) is 4.71. The van der Waals surface area contributed by atoms with E-state index in [0.29, 0.717) is 5.41 Å². The Hall–Kier alpha value is -0.0800. The molecule has 1 heterocycles. The lowest BCUT2D eigenvalue weighted by Crippen LogP contribution is -2.48. The highest BCUT2D eigenvalue weighted by atomic mass is 15.2. The van der Waals surface area contributed by atoms with E-state index in [4.69, 9.17) is 0 Å². The summed E-state index contributed by atoms with van der Waals surface area (Å²) in [4.78, 5) is 2.71. The molecule has 0 aromatic rings. The van der Waals surface area contributed by atoms with Crippen molar-refractivity contribution in [1.29, 1.82) is 0 Å². The van der Waals surface area contributed by atoms with Gasteiger partial charge < -0.3 is 5.32 Å². The van der Waals surface area contributed by atoms with Gasteiger partial charge in [0.25, 0.3) is 0 Å². The van der Waals surface area contributed by atoms with Gasteiger partial charge in [0.1, 0.15) is 0 Å². The Morgan fingerprint density at radius 2 is 1.83 bits per heavy atom. The summed E-state index contributed by atoms with van der Waals surface area (Å²) in [6, 6.07) is 1.48. The molecule has 2 heteroatoms. The number of nitrogens with one attached hydrogen (secondary N) is 1. The zero-order valence-electron chi connectivity index (χ0n) is 12.8. The van der Waals surface area contributed by atoms with E-state index in [1.807, 2.05) is 0 Å². The van der Waals surface area contributed by atoms with Crippen molar-refractivity contribution in [3.8, 4) is 0 Å². The summed E-state index contributed by atoms with van der Waals surface area (Å²) in [6.07, 6.45) is 6.97. The zero-order valence-corrected chi connectivity index (χ0v) is 12.8. The molecule has 1 N–H and O–H groups in total. The van der Waals surface area contributed by atoms with Gasteiger partial charge in [0.05, 0.1) is 0 Å². The Bertz CT molecular complexity index is 254. The molecule has 0 spiro atoms. The molecule has 0 bridgehead atoms. The molecule has 0 aromatic carbocycles. The van der Waals surface area contributed by atoms with Crippen molar-refractivity contribution in [2.75, 3.05) is 19.6 Å². The highest BCUT2D eigenvalue weighted by molar-refractivity contribution is 4.92. The molecule has 1 aliphatic heterocycles. The molecule has 1 saturated carbocycles. The van der Waals surface area contributed by atoms with Crippen molar-refractivity contribution in [2.45, 2.75) is 71.9 Å². The Labute approximate surface area is 114 Å². The number of likely N-dealkylation sites (tertiary alicyclic amines) is 1. The molecule has 2 fully saturated rings. The third-order valence-electron chi connectivity index (χ3n) is 5.21. The molecule has 0 radical (unpaired) electrons. The summed E-state index contributed by atoms with van der Waals surface area (Å²) in [6.45, 7) is 13.4. The first-order valence-corrected chi connectivity index (χ1v) is 7.98. The van der Waals surface area contributed by atoms with Crippen molar-refractivity contribution in [3.63, 3.8) is 0 Å². The monoisotopic (exact) mass is 252 g/mol. The van der Waals surface area contributed by atoms with Gasteiger partial charge in [0, 0.05) is 18.6 Å². The lowest BCUT2D eigenvalue weighted by atomic mass is 9.87. The molecule has 2 aliphatic rings. The SMILES string of the molecule is CC(C)C(CNC1CCCC1(C)C)N1CCCC1. The number of nitrogens with zero attached hydrogens (tertiary/aromatic N) is 1. The molecule has 2 atom stereocenters. The van der Waals surface area contributed by atoms with Crippen LogP contribution in [-0.4, -0.2) is 36.6 Å². The van der Waals surface area contributed by atoms with Gasteiger partial charge >= 0.3 is 0 Å². The van der Waals surface area contributed by atoms with Crippen molar-refractivity contribution < 1.29 is 0 Å². The number of hydrogen-bond donors (Lipinski definition) is 1. The standard InChI is InChI=1S/C16H32N2/c1-13(2)14(18-10-5-6-11-18)12-17-15-8-7-9-16(15,3)4/h13-15,17H,5-12H2,1-4H3. The average Bonchev–Trinajstić information content (AvgIpc) is 2.89. The highest BCUT2D eigenvalue weighted by Crippen LogP contribution is 2.37. The van der Waals surface area contributed by atoms with E-state index < -0.39 is 0 Å². The fourth-order valence-corrected chi connectivity index (χ4v) is 3.83. The quantitative estimate of drug-likeness (QED) is 0.808. The summed E-state index contributed by atoms with van der Waals surface area (Å²) in [7, 11) is 0. The fraction of sp³-hybridized carbons (Fsp3) is 1.00. The minimum atomic E-state index is 0.506. The lowest BCUT2D eigenvalue weighted by Gasteiger charge is -2.35.